The van der Waals surface area contributed by atoms with Crippen molar-refractivity contribution in [2.45, 2.75) is 141 Å². The smallest absolute Gasteiger partial charge is 0.331 e. The van der Waals surface area contributed by atoms with E-state index in [0.29, 0.717) is 12.3 Å². The molecule has 0 radical (unpaired) electrons. The number of esters is 1. The van der Waals surface area contributed by atoms with Gasteiger partial charge in [0, 0.05) is 19.7 Å². The minimum Gasteiger partial charge on any atom is -0.458 e. The fourth-order valence-corrected chi connectivity index (χ4v) is 7.86. The third-order valence-electron chi connectivity index (χ3n) is 11.6. The average Bonchev–Trinajstić information content (AvgIpc) is 3.21. The maximum absolute atomic E-state index is 14.8. The molecule has 60 heavy (non-hydrogen) atoms. The van der Waals surface area contributed by atoms with Gasteiger partial charge < -0.3 is 40.0 Å². The number of ether oxygens (including phenoxy) is 3. The van der Waals surface area contributed by atoms with Crippen LogP contribution in [-0.2, 0) is 47.8 Å². The largest absolute Gasteiger partial charge is 0.458 e. The van der Waals surface area contributed by atoms with Gasteiger partial charge in [-0.1, -0.05) is 27.7 Å². The molecule has 338 valence electrons. The first-order chi connectivity index (χ1) is 28.1. The Balaban J connectivity index is 1.80. The average molecular weight is 855 g/mol. The molecule has 6 amide bonds. The number of hydroxylamine groups is 4. The second-order valence-corrected chi connectivity index (χ2v) is 16.8. The molecule has 3 fully saturated rings. The minimum atomic E-state index is -2.72. The van der Waals surface area contributed by atoms with Gasteiger partial charge in [-0.15, -0.1) is 0 Å². The van der Waals surface area contributed by atoms with Crippen molar-refractivity contribution in [1.29, 1.82) is 0 Å². The van der Waals surface area contributed by atoms with Gasteiger partial charge in [-0.2, -0.15) is 5.10 Å². The van der Waals surface area contributed by atoms with E-state index < -0.39 is 114 Å². The SMILES string of the molecule is COC[C@H]1C(=O)NCC(=O)N2N=CCC[C@H]2C(=O)N(O)[C@H](C)C(=O)O[C@@H](C(C)C)[C@H](NC(=O)[C@](C)(O)[C@]2(O)CC[C@@H](CC(C)C)[C@H](C)O2)C(=O)N2CNCC[C@@H]2C(=O)N1O. The number of methoxy groups -OCH3 is 1. The number of rotatable bonds is 8. The highest BCUT2D eigenvalue weighted by molar-refractivity contribution is 5.97. The van der Waals surface area contributed by atoms with Crippen LogP contribution in [0.2, 0.25) is 0 Å². The van der Waals surface area contributed by atoms with Crippen molar-refractivity contribution in [2.75, 3.05) is 33.5 Å². The number of cyclic esters (lactones) is 1. The Labute approximate surface area is 348 Å². The topological polar surface area (TPSA) is 290 Å². The van der Waals surface area contributed by atoms with Gasteiger partial charge in [0.15, 0.2) is 17.7 Å². The van der Waals surface area contributed by atoms with E-state index in [1.165, 1.54) is 27.2 Å². The van der Waals surface area contributed by atoms with Crippen molar-refractivity contribution in [3.8, 4) is 0 Å². The number of hydrogen-bond donors (Lipinski definition) is 7. The molecule has 22 nitrogen and oxygen atoms in total. The van der Waals surface area contributed by atoms with Gasteiger partial charge in [0.05, 0.1) is 25.9 Å². The van der Waals surface area contributed by atoms with Gasteiger partial charge >= 0.3 is 5.97 Å². The number of hydrazone groups is 1. The maximum atomic E-state index is 14.8. The molecule has 0 aromatic rings. The van der Waals surface area contributed by atoms with Gasteiger partial charge in [-0.25, -0.2) is 19.9 Å². The maximum Gasteiger partial charge on any atom is 0.331 e. The van der Waals surface area contributed by atoms with Crippen LogP contribution in [0.1, 0.15) is 87.0 Å². The number of amides is 6. The number of nitrogens with one attached hydrogen (secondary N) is 3. The lowest BCUT2D eigenvalue weighted by molar-refractivity contribution is -0.326. The summed E-state index contributed by atoms with van der Waals surface area (Å²) < 4.78 is 16.8. The van der Waals surface area contributed by atoms with E-state index >= 15 is 0 Å². The zero-order chi connectivity index (χ0) is 44.9. The highest BCUT2D eigenvalue weighted by Crippen LogP contribution is 2.40. The van der Waals surface area contributed by atoms with Crippen LogP contribution in [0.25, 0.3) is 0 Å². The van der Waals surface area contributed by atoms with Crippen LogP contribution >= 0.6 is 0 Å². The third-order valence-corrected chi connectivity index (χ3v) is 11.6. The first-order valence-corrected chi connectivity index (χ1v) is 20.4. The molecule has 4 heterocycles. The zero-order valence-electron chi connectivity index (χ0n) is 35.5. The lowest BCUT2D eigenvalue weighted by Crippen LogP contribution is -2.70. The quantitative estimate of drug-likeness (QED) is 0.107. The van der Waals surface area contributed by atoms with Crippen LogP contribution in [0.4, 0.5) is 0 Å². The number of carbonyl (C=O) groups is 7. The van der Waals surface area contributed by atoms with E-state index in [0.717, 1.165) is 30.2 Å². The summed E-state index contributed by atoms with van der Waals surface area (Å²) in [5.41, 5.74) is -2.72. The van der Waals surface area contributed by atoms with Crippen molar-refractivity contribution >= 4 is 47.6 Å². The molecule has 4 aliphatic rings. The lowest BCUT2D eigenvalue weighted by Gasteiger charge is -2.47. The molecular weight excluding hydrogens is 792 g/mol. The summed E-state index contributed by atoms with van der Waals surface area (Å²) in [5, 5.41) is 58.4. The Bertz CT molecular complexity index is 1650. The number of hydrogen-bond acceptors (Lipinski definition) is 16. The molecule has 3 saturated heterocycles. The monoisotopic (exact) mass is 854 g/mol. The van der Waals surface area contributed by atoms with Crippen LogP contribution in [0.15, 0.2) is 5.10 Å². The molecule has 0 unspecified atom stereocenters. The first kappa shape index (κ1) is 48.3. The number of aliphatic hydroxyl groups is 2. The number of carbonyl (C=O) groups excluding carboxylic acids is 7. The Hall–Kier alpha value is -4.32. The van der Waals surface area contributed by atoms with Gasteiger partial charge in [0.2, 0.25) is 11.7 Å². The normalized spacial score (nSPS) is 33.0. The molecular formula is C38H62N8O14. The van der Waals surface area contributed by atoms with Crippen LogP contribution < -0.4 is 16.0 Å². The summed E-state index contributed by atoms with van der Waals surface area (Å²) >= 11 is 0. The number of fused-ring (bicyclic) bond motifs is 2. The van der Waals surface area contributed by atoms with Crippen molar-refractivity contribution in [1.82, 2.24) is 36.0 Å². The molecule has 4 rings (SSSR count). The Morgan fingerprint density at radius 3 is 2.32 bits per heavy atom. The highest BCUT2D eigenvalue weighted by atomic mass is 16.6. The van der Waals surface area contributed by atoms with E-state index in [2.05, 4.69) is 21.1 Å². The summed E-state index contributed by atoms with van der Waals surface area (Å²) in [7, 11) is 1.20. The van der Waals surface area contributed by atoms with Crippen molar-refractivity contribution < 1.29 is 68.4 Å². The van der Waals surface area contributed by atoms with E-state index in [4.69, 9.17) is 14.2 Å². The molecule has 0 spiro atoms. The summed E-state index contributed by atoms with van der Waals surface area (Å²) in [6.07, 6.45) is 0.155. The summed E-state index contributed by atoms with van der Waals surface area (Å²) in [6.45, 7) is 9.44. The molecule has 22 heteroatoms. The predicted molar refractivity (Wildman–Crippen MR) is 207 cm³/mol. The Morgan fingerprint density at radius 2 is 1.70 bits per heavy atom. The van der Waals surface area contributed by atoms with Gasteiger partial charge in [-0.3, -0.25) is 44.5 Å². The van der Waals surface area contributed by atoms with E-state index in [1.807, 2.05) is 13.8 Å². The highest BCUT2D eigenvalue weighted by Gasteiger charge is 2.57. The molecule has 4 aliphatic heterocycles. The van der Waals surface area contributed by atoms with Crippen molar-refractivity contribution in [3.63, 3.8) is 0 Å². The molecule has 0 saturated carbocycles. The van der Waals surface area contributed by atoms with Gasteiger partial charge in [0.1, 0.15) is 24.2 Å². The first-order valence-electron chi connectivity index (χ1n) is 20.4. The van der Waals surface area contributed by atoms with E-state index in [-0.39, 0.29) is 54.9 Å². The predicted octanol–water partition coefficient (Wildman–Crippen LogP) is -1.57. The molecule has 0 aromatic heterocycles. The van der Waals surface area contributed by atoms with Gasteiger partial charge in [0.25, 0.3) is 29.5 Å². The minimum absolute atomic E-state index is 0.0117. The number of nitrogens with zero attached hydrogens (tertiary/aromatic N) is 5. The second kappa shape index (κ2) is 20.0. The van der Waals surface area contributed by atoms with Crippen molar-refractivity contribution in [3.05, 3.63) is 0 Å². The molecule has 0 aromatic carbocycles. The van der Waals surface area contributed by atoms with Crippen LogP contribution in [-0.4, -0.2) is 176 Å². The molecule has 0 aliphatic carbocycles. The molecule has 10 atom stereocenters. The Morgan fingerprint density at radius 1 is 1.03 bits per heavy atom. The van der Waals surface area contributed by atoms with Crippen molar-refractivity contribution in [2.24, 2.45) is 22.9 Å². The molecule has 0 bridgehead atoms. The summed E-state index contributed by atoms with van der Waals surface area (Å²) in [4.78, 5) is 98.4. The lowest BCUT2D eigenvalue weighted by atomic mass is 9.79. The van der Waals surface area contributed by atoms with Crippen LogP contribution in [0.5, 0.6) is 0 Å². The fourth-order valence-electron chi connectivity index (χ4n) is 7.86. The van der Waals surface area contributed by atoms with Crippen LogP contribution in [0.3, 0.4) is 0 Å². The Kier molecular flexibility index (Phi) is 16.1. The van der Waals surface area contributed by atoms with E-state index in [9.17, 15) is 54.2 Å². The third kappa shape index (κ3) is 10.4. The fraction of sp³-hybridized carbons (Fsp3) is 0.789. The van der Waals surface area contributed by atoms with E-state index in [1.54, 1.807) is 6.92 Å². The standard InChI is InChI=1S/C38H62N8O14/c1-20(2)16-24-11-13-38(55,60-23(24)6)37(7,54)36(53)42-29-30(21(3)4)59-35(52)22(5)45(56)33(50)26-10-9-14-41-44(26)28(47)17-40-31(48)27(18-58-8)46(57)32(49)25-12-15-39-19-43(25)34(29)51/h14,20-27,29-30,39,54-57H,9-13,15-19H2,1-8H3,(H,40,48)(H,42,53)/t22-,23+,24+,25-,26+,27+,29+,30+,37+,38+/m1/s1. The second-order valence-electron chi connectivity index (χ2n) is 16.8. The molecule has 7 N–H and O–H groups in total. The zero-order valence-corrected chi connectivity index (χ0v) is 35.5. The summed E-state index contributed by atoms with van der Waals surface area (Å²) in [6, 6.07) is -8.39. The van der Waals surface area contributed by atoms with Crippen LogP contribution in [0, 0.1) is 17.8 Å². The summed E-state index contributed by atoms with van der Waals surface area (Å²) in [5.74, 6) is -10.8. The van der Waals surface area contributed by atoms with Gasteiger partial charge in [-0.05, 0) is 77.2 Å².